The first-order chi connectivity index (χ1) is 9.62. The molecule has 0 aliphatic rings. The third-order valence-corrected chi connectivity index (χ3v) is 3.09. The van der Waals surface area contributed by atoms with Gasteiger partial charge in [0, 0.05) is 0 Å². The van der Waals surface area contributed by atoms with Crippen LogP contribution in [0.4, 0.5) is 0 Å². The number of phosphoric acid groups is 1. The molecule has 0 N–H and O–H groups in total. The first-order valence-electron chi connectivity index (χ1n) is 8.01. The van der Waals surface area contributed by atoms with Crippen molar-refractivity contribution in [2.45, 2.75) is 79.1 Å². The summed E-state index contributed by atoms with van der Waals surface area (Å²) in [4.78, 5) is 25.6. The Morgan fingerprint density at radius 3 is 1.18 bits per heavy atom. The Bertz CT molecular complexity index is 212. The molecule has 0 spiro atoms. The zero-order valence-electron chi connectivity index (χ0n) is 14.9. The van der Waals surface area contributed by atoms with E-state index in [1.165, 1.54) is 51.4 Å². The maximum atomic E-state index is 8.55. The molecular weight excluding hydrogens is 426 g/mol. The van der Waals surface area contributed by atoms with Crippen LogP contribution in [0.3, 0.4) is 0 Å². The molecule has 0 aliphatic heterocycles. The van der Waals surface area contributed by atoms with Gasteiger partial charge in [0.2, 0.25) is 0 Å². The van der Waals surface area contributed by atoms with Crippen molar-refractivity contribution in [3.63, 3.8) is 0 Å². The Kier molecular flexibility index (Phi) is 31.5. The van der Waals surface area contributed by atoms with Crippen molar-refractivity contribution >= 4 is 7.82 Å². The smallest absolute Gasteiger partial charge is 0.822 e. The first kappa shape index (κ1) is 31.1. The van der Waals surface area contributed by atoms with Gasteiger partial charge in [-0.05, 0) is 0 Å². The third-order valence-electron chi connectivity index (χ3n) is 3.09. The van der Waals surface area contributed by atoms with Gasteiger partial charge in [-0.15, -0.1) is 0 Å². The summed E-state index contributed by atoms with van der Waals surface area (Å²) >= 11 is 0. The molecule has 2 unspecified atom stereocenters. The fourth-order valence-corrected chi connectivity index (χ4v) is 1.39. The molecule has 22 heavy (non-hydrogen) atoms. The summed E-state index contributed by atoms with van der Waals surface area (Å²) in [7, 11) is -5.39. The number of hydrogen-bond donors (Lipinski definition) is 0. The van der Waals surface area contributed by atoms with Gasteiger partial charge in [-0.3, -0.25) is 0 Å². The minimum atomic E-state index is -5.39. The standard InChI is InChI=1S/2C8H17.La.H3O4P/c2*1-4-6-7-8(3)5-2;;1-5(2,3)4/h2*8H,3-7H2,1-2H3;;(H3,1,2,3,4)/q2*-1;+3;/p-3. The van der Waals surface area contributed by atoms with Gasteiger partial charge in [0.15, 0.2) is 0 Å². The minimum Gasteiger partial charge on any atom is -0.822 e. The van der Waals surface area contributed by atoms with Crippen LogP contribution in [0, 0.1) is 61.3 Å². The summed E-state index contributed by atoms with van der Waals surface area (Å²) in [6.07, 6.45) is 10.4. The van der Waals surface area contributed by atoms with Crippen molar-refractivity contribution in [2.24, 2.45) is 11.8 Å². The quantitative estimate of drug-likeness (QED) is 0.411. The van der Waals surface area contributed by atoms with Crippen LogP contribution < -0.4 is 14.7 Å². The van der Waals surface area contributed by atoms with E-state index >= 15 is 0 Å². The maximum Gasteiger partial charge on any atom is 3.00 e. The molecule has 2 atom stereocenters. The van der Waals surface area contributed by atoms with E-state index in [-0.39, 0.29) is 35.6 Å². The molecule has 0 heterocycles. The molecule has 0 aromatic heterocycles. The molecule has 6 heteroatoms. The maximum absolute atomic E-state index is 8.55. The molecule has 4 nitrogen and oxygen atoms in total. The molecule has 0 aromatic rings. The zero-order valence-corrected chi connectivity index (χ0v) is 19.4. The average molecular weight is 460 g/mol. The number of rotatable bonds is 8. The van der Waals surface area contributed by atoms with E-state index < -0.39 is 7.82 Å². The third kappa shape index (κ3) is 49.6. The van der Waals surface area contributed by atoms with Gasteiger partial charge in [-0.1, -0.05) is 79.1 Å². The van der Waals surface area contributed by atoms with Crippen LogP contribution in [0.5, 0.6) is 0 Å². The molecule has 0 saturated carbocycles. The average Bonchev–Trinajstić information content (AvgIpc) is 2.40. The van der Waals surface area contributed by atoms with Crippen molar-refractivity contribution in [3.05, 3.63) is 13.8 Å². The fourth-order valence-electron chi connectivity index (χ4n) is 1.39. The van der Waals surface area contributed by atoms with Gasteiger partial charge >= 0.3 is 35.6 Å². The molecule has 132 valence electrons. The van der Waals surface area contributed by atoms with Crippen LogP contribution in [-0.4, -0.2) is 0 Å². The van der Waals surface area contributed by atoms with Gasteiger partial charge in [0.25, 0.3) is 0 Å². The monoisotopic (exact) mass is 460 g/mol. The van der Waals surface area contributed by atoms with E-state index in [4.69, 9.17) is 19.2 Å². The van der Waals surface area contributed by atoms with Crippen LogP contribution in [0.25, 0.3) is 0 Å². The van der Waals surface area contributed by atoms with Crippen molar-refractivity contribution in [1.82, 2.24) is 0 Å². The molecule has 0 bridgehead atoms. The summed E-state index contributed by atoms with van der Waals surface area (Å²) in [6, 6.07) is 0. The summed E-state index contributed by atoms with van der Waals surface area (Å²) in [6.45, 7) is 16.8. The largest absolute Gasteiger partial charge is 3.00 e. The van der Waals surface area contributed by atoms with Gasteiger partial charge in [-0.2, -0.15) is 19.7 Å². The van der Waals surface area contributed by atoms with E-state index in [1.54, 1.807) is 0 Å². The van der Waals surface area contributed by atoms with Crippen molar-refractivity contribution in [3.8, 4) is 0 Å². The Hall–Kier alpha value is 1.30. The molecule has 0 fully saturated rings. The first-order valence-corrected chi connectivity index (χ1v) is 9.47. The molecule has 0 radical (unpaired) electrons. The summed E-state index contributed by atoms with van der Waals surface area (Å²) < 4.78 is 8.55. The Balaban J connectivity index is -0.000000111. The van der Waals surface area contributed by atoms with E-state index in [0.717, 1.165) is 0 Å². The Morgan fingerprint density at radius 1 is 0.818 bits per heavy atom. The predicted octanol–water partition coefficient (Wildman–Crippen LogP) is 3.25. The van der Waals surface area contributed by atoms with Crippen LogP contribution in [0.1, 0.15) is 79.1 Å². The Morgan fingerprint density at radius 2 is 1.05 bits per heavy atom. The van der Waals surface area contributed by atoms with Gasteiger partial charge < -0.3 is 33.1 Å². The van der Waals surface area contributed by atoms with E-state index in [2.05, 4.69) is 41.5 Å². The predicted molar refractivity (Wildman–Crippen MR) is 84.9 cm³/mol. The second kappa shape index (κ2) is 22.3. The second-order valence-corrected chi connectivity index (χ2v) is 6.17. The van der Waals surface area contributed by atoms with Crippen molar-refractivity contribution in [2.75, 3.05) is 0 Å². The summed E-state index contributed by atoms with van der Waals surface area (Å²) in [5.41, 5.74) is 0. The van der Waals surface area contributed by atoms with Crippen LogP contribution in [0.2, 0.25) is 0 Å². The zero-order chi connectivity index (χ0) is 17.3. The molecule has 0 saturated heterocycles. The summed E-state index contributed by atoms with van der Waals surface area (Å²) in [5, 5.41) is 0. The number of unbranched alkanes of at least 4 members (excludes halogenated alkanes) is 2. The topological polar surface area (TPSA) is 86.2 Å². The van der Waals surface area contributed by atoms with Crippen LogP contribution in [-0.2, 0) is 4.57 Å². The van der Waals surface area contributed by atoms with Crippen molar-refractivity contribution < 1.29 is 54.8 Å². The second-order valence-electron chi connectivity index (χ2n) is 5.28. The Labute approximate surface area is 166 Å². The SMILES string of the molecule is O=P([O-])([O-])[O-].[CH2-]C(CC)CCCC.[CH2-]C(CC)CCCC.[La+3]. The van der Waals surface area contributed by atoms with Crippen LogP contribution >= 0.6 is 7.82 Å². The summed E-state index contributed by atoms with van der Waals surface area (Å²) in [5.74, 6) is 1.41. The molecular formula is C16H34LaO4P-2. The van der Waals surface area contributed by atoms with E-state index in [0.29, 0.717) is 11.8 Å². The normalized spacial score (nSPS) is 12.8. The van der Waals surface area contributed by atoms with Gasteiger partial charge in [-0.25, -0.2) is 0 Å². The van der Waals surface area contributed by atoms with Crippen LogP contribution in [0.15, 0.2) is 0 Å². The number of hydrogen-bond acceptors (Lipinski definition) is 4. The van der Waals surface area contributed by atoms with Crippen molar-refractivity contribution in [1.29, 1.82) is 0 Å². The minimum absolute atomic E-state index is 0. The van der Waals surface area contributed by atoms with Gasteiger partial charge in [0.1, 0.15) is 0 Å². The van der Waals surface area contributed by atoms with E-state index in [1.807, 2.05) is 0 Å². The molecule has 0 aliphatic carbocycles. The molecule has 0 rings (SSSR count). The van der Waals surface area contributed by atoms with E-state index in [9.17, 15) is 0 Å². The fraction of sp³-hybridized carbons (Fsp3) is 0.875. The molecule has 0 aromatic carbocycles. The molecule has 0 amide bonds. The van der Waals surface area contributed by atoms with Gasteiger partial charge in [0.05, 0.1) is 0 Å².